The van der Waals surface area contributed by atoms with E-state index >= 15 is 0 Å². The van der Waals surface area contributed by atoms with E-state index in [4.69, 9.17) is 4.52 Å². The highest BCUT2D eigenvalue weighted by molar-refractivity contribution is 5.48. The van der Waals surface area contributed by atoms with Gasteiger partial charge in [0.1, 0.15) is 5.76 Å². The third kappa shape index (κ3) is 4.55. The Bertz CT molecular complexity index is 743. The first kappa shape index (κ1) is 19.8. The number of aromatic nitrogens is 1. The molecule has 1 aromatic carbocycles. The largest absolute Gasteiger partial charge is 0.416 e. The average molecular weight is 380 g/mol. The molecule has 4 nitrogen and oxygen atoms in total. The number of hydrogen-bond acceptors (Lipinski definition) is 3. The van der Waals surface area contributed by atoms with Crippen molar-refractivity contribution in [2.24, 2.45) is 0 Å². The zero-order valence-corrected chi connectivity index (χ0v) is 13.7. The molecular formula is C16H14F6N2O2. The highest BCUT2D eigenvalue weighted by Crippen LogP contribution is 2.36. The Kier molecular flexibility index (Phi) is 5.33. The second-order valence-corrected chi connectivity index (χ2v) is 5.73. The van der Waals surface area contributed by atoms with Crippen LogP contribution in [0.5, 0.6) is 0 Å². The van der Waals surface area contributed by atoms with Gasteiger partial charge in [-0.3, -0.25) is 4.79 Å². The van der Waals surface area contributed by atoms with E-state index < -0.39 is 30.0 Å². The molecule has 0 radical (unpaired) electrons. The summed E-state index contributed by atoms with van der Waals surface area (Å²) in [5, 5.41) is 3.69. The Morgan fingerprint density at radius 2 is 1.54 bits per heavy atom. The molecule has 2 aromatic rings. The molecule has 0 atom stereocenters. The molecule has 0 saturated carbocycles. The topological polar surface area (TPSA) is 46.3 Å². The van der Waals surface area contributed by atoms with Gasteiger partial charge < -0.3 is 9.42 Å². The Morgan fingerprint density at radius 3 is 1.92 bits per heavy atom. The smallest absolute Gasteiger partial charge is 0.361 e. The first-order valence-corrected chi connectivity index (χ1v) is 7.31. The van der Waals surface area contributed by atoms with Gasteiger partial charge in [0.2, 0.25) is 6.41 Å². The molecule has 0 unspecified atom stereocenters. The molecule has 142 valence electrons. The highest BCUT2D eigenvalue weighted by Gasteiger charge is 2.37. The van der Waals surface area contributed by atoms with E-state index in [-0.39, 0.29) is 18.2 Å². The number of hydrogen-bond donors (Lipinski definition) is 0. The fourth-order valence-corrected chi connectivity index (χ4v) is 2.41. The molecule has 0 aliphatic rings. The predicted molar refractivity (Wildman–Crippen MR) is 77.7 cm³/mol. The first-order chi connectivity index (χ1) is 11.9. The number of aryl methyl sites for hydroxylation is 2. The molecule has 0 bridgehead atoms. The van der Waals surface area contributed by atoms with Crippen molar-refractivity contribution in [1.82, 2.24) is 10.1 Å². The van der Waals surface area contributed by atoms with Crippen molar-refractivity contribution in [1.29, 1.82) is 0 Å². The van der Waals surface area contributed by atoms with Crippen molar-refractivity contribution in [3.8, 4) is 0 Å². The molecule has 0 aliphatic heterocycles. The van der Waals surface area contributed by atoms with Gasteiger partial charge in [-0.2, -0.15) is 26.3 Å². The van der Waals surface area contributed by atoms with Crippen LogP contribution in [0.1, 0.15) is 33.7 Å². The summed E-state index contributed by atoms with van der Waals surface area (Å²) in [7, 11) is 0. The monoisotopic (exact) mass is 380 g/mol. The molecule has 2 rings (SSSR count). The molecule has 0 aliphatic carbocycles. The van der Waals surface area contributed by atoms with Crippen LogP contribution in [0.4, 0.5) is 26.3 Å². The summed E-state index contributed by atoms with van der Waals surface area (Å²) in [4.78, 5) is 12.3. The molecule has 0 N–H and O–H groups in total. The van der Waals surface area contributed by atoms with Crippen molar-refractivity contribution in [3.05, 3.63) is 51.9 Å². The van der Waals surface area contributed by atoms with Crippen LogP contribution >= 0.6 is 0 Å². The summed E-state index contributed by atoms with van der Waals surface area (Å²) in [6.07, 6.45) is -9.53. The molecule has 1 amide bonds. The molecule has 0 spiro atoms. The van der Waals surface area contributed by atoms with Gasteiger partial charge in [0.15, 0.2) is 0 Å². The lowest BCUT2D eigenvalue weighted by molar-refractivity contribution is -0.143. The second kappa shape index (κ2) is 7.00. The number of nitrogens with zero attached hydrogens (tertiary/aromatic N) is 2. The molecule has 0 fully saturated rings. The van der Waals surface area contributed by atoms with Crippen molar-refractivity contribution in [3.63, 3.8) is 0 Å². The minimum Gasteiger partial charge on any atom is -0.361 e. The van der Waals surface area contributed by atoms with E-state index in [0.717, 1.165) is 4.90 Å². The van der Waals surface area contributed by atoms with E-state index in [9.17, 15) is 31.1 Å². The van der Waals surface area contributed by atoms with Gasteiger partial charge in [0.05, 0.1) is 23.4 Å². The van der Waals surface area contributed by atoms with Crippen molar-refractivity contribution < 1.29 is 35.7 Å². The maximum Gasteiger partial charge on any atom is 0.416 e. The molecule has 1 heterocycles. The number of halogens is 6. The molecule has 0 saturated heterocycles. The Labute approximate surface area is 144 Å². The SMILES string of the molecule is Cc1noc(C)c1CN(C=O)Cc1cc(C(F)(F)F)cc(C(F)(F)F)c1. The maximum absolute atomic E-state index is 12.9. The summed E-state index contributed by atoms with van der Waals surface area (Å²) in [6.45, 7) is 2.72. The van der Waals surface area contributed by atoms with Gasteiger partial charge in [-0.05, 0) is 37.6 Å². The predicted octanol–water partition coefficient (Wildman–Crippen LogP) is 4.49. The van der Waals surface area contributed by atoms with Crippen LogP contribution in [0.2, 0.25) is 0 Å². The Morgan fingerprint density at radius 1 is 1.00 bits per heavy atom. The normalized spacial score (nSPS) is 12.3. The fraction of sp³-hybridized carbons (Fsp3) is 0.375. The summed E-state index contributed by atoms with van der Waals surface area (Å²) >= 11 is 0. The van der Waals surface area contributed by atoms with E-state index in [2.05, 4.69) is 5.16 Å². The van der Waals surface area contributed by atoms with Gasteiger partial charge in [-0.25, -0.2) is 0 Å². The van der Waals surface area contributed by atoms with Crippen molar-refractivity contribution in [2.75, 3.05) is 0 Å². The molecule has 1 aromatic heterocycles. The zero-order valence-electron chi connectivity index (χ0n) is 13.7. The van der Waals surface area contributed by atoms with E-state index in [0.29, 0.717) is 35.6 Å². The second-order valence-electron chi connectivity index (χ2n) is 5.73. The van der Waals surface area contributed by atoms with E-state index in [1.165, 1.54) is 0 Å². The quantitative estimate of drug-likeness (QED) is 0.567. The summed E-state index contributed by atoms with van der Waals surface area (Å²) in [5.74, 6) is 0.411. The van der Waals surface area contributed by atoms with Gasteiger partial charge >= 0.3 is 12.4 Å². The number of benzene rings is 1. The number of amides is 1. The lowest BCUT2D eigenvalue weighted by Gasteiger charge is -2.19. The Hall–Kier alpha value is -2.52. The minimum atomic E-state index is -4.94. The third-order valence-electron chi connectivity index (χ3n) is 3.72. The van der Waals surface area contributed by atoms with Gasteiger partial charge in [0, 0.05) is 12.1 Å². The summed E-state index contributed by atoms with van der Waals surface area (Å²) < 4.78 is 82.3. The summed E-state index contributed by atoms with van der Waals surface area (Å²) in [6, 6.07) is 1.24. The minimum absolute atomic E-state index is 0.0447. The fourth-order valence-electron chi connectivity index (χ4n) is 2.41. The van der Waals surface area contributed by atoms with E-state index in [1.807, 2.05) is 0 Å². The standard InChI is InChI=1S/C16H14F6N2O2/c1-9-14(10(2)26-23-9)7-24(8-25)6-11-3-12(15(17,18)19)5-13(4-11)16(20,21)22/h3-5,8H,6-7H2,1-2H3. The number of alkyl halides is 6. The van der Waals surface area contributed by atoms with Crippen LogP contribution in [0.3, 0.4) is 0 Å². The maximum atomic E-state index is 12.9. The lowest BCUT2D eigenvalue weighted by Crippen LogP contribution is -2.22. The van der Waals surface area contributed by atoms with Crippen LogP contribution in [-0.2, 0) is 30.2 Å². The first-order valence-electron chi connectivity index (χ1n) is 7.31. The van der Waals surface area contributed by atoms with Crippen LogP contribution in [0.25, 0.3) is 0 Å². The number of rotatable bonds is 5. The van der Waals surface area contributed by atoms with Crippen molar-refractivity contribution >= 4 is 6.41 Å². The van der Waals surface area contributed by atoms with Gasteiger partial charge in [-0.15, -0.1) is 0 Å². The van der Waals surface area contributed by atoms with Crippen LogP contribution in [0.15, 0.2) is 22.7 Å². The zero-order chi connectivity index (χ0) is 19.7. The number of carbonyl (C=O) groups excluding carboxylic acids is 1. The van der Waals surface area contributed by atoms with Crippen molar-refractivity contribution in [2.45, 2.75) is 39.3 Å². The third-order valence-corrected chi connectivity index (χ3v) is 3.72. The van der Waals surface area contributed by atoms with Gasteiger partial charge in [-0.1, -0.05) is 5.16 Å². The Balaban J connectivity index is 2.35. The van der Waals surface area contributed by atoms with Crippen LogP contribution in [0, 0.1) is 13.8 Å². The van der Waals surface area contributed by atoms with Crippen LogP contribution < -0.4 is 0 Å². The molecule has 26 heavy (non-hydrogen) atoms. The van der Waals surface area contributed by atoms with Crippen LogP contribution in [-0.4, -0.2) is 16.5 Å². The highest BCUT2D eigenvalue weighted by atomic mass is 19.4. The van der Waals surface area contributed by atoms with E-state index in [1.54, 1.807) is 13.8 Å². The van der Waals surface area contributed by atoms with Gasteiger partial charge in [0.25, 0.3) is 0 Å². The number of carbonyl (C=O) groups is 1. The molecule has 10 heteroatoms. The average Bonchev–Trinajstić information content (AvgIpc) is 2.84. The summed E-state index contributed by atoms with van der Waals surface area (Å²) in [5.41, 5.74) is -2.11. The molecular weight excluding hydrogens is 366 g/mol. The lowest BCUT2D eigenvalue weighted by atomic mass is 10.0.